The van der Waals surface area contributed by atoms with Crippen LogP contribution in [-0.4, -0.2) is 13.7 Å². The lowest BCUT2D eigenvalue weighted by atomic mass is 9.99. The smallest absolute Gasteiger partial charge is 0.129 e. The SMILES string of the molecule is CCNC(c1ccc(COC)o1)c1ccc(Br)cc1C. The van der Waals surface area contributed by atoms with E-state index >= 15 is 0 Å². The maximum absolute atomic E-state index is 5.88. The zero-order chi connectivity index (χ0) is 14.5. The van der Waals surface area contributed by atoms with E-state index in [4.69, 9.17) is 9.15 Å². The van der Waals surface area contributed by atoms with E-state index in [1.807, 2.05) is 12.1 Å². The van der Waals surface area contributed by atoms with Crippen LogP contribution in [0.15, 0.2) is 39.2 Å². The molecule has 0 aliphatic heterocycles. The van der Waals surface area contributed by atoms with E-state index in [-0.39, 0.29) is 6.04 Å². The van der Waals surface area contributed by atoms with Gasteiger partial charge in [-0.25, -0.2) is 0 Å². The highest BCUT2D eigenvalue weighted by Crippen LogP contribution is 2.28. The van der Waals surface area contributed by atoms with Gasteiger partial charge >= 0.3 is 0 Å². The van der Waals surface area contributed by atoms with Gasteiger partial charge < -0.3 is 14.5 Å². The second-order valence-corrected chi connectivity index (χ2v) is 5.64. The first-order chi connectivity index (χ1) is 9.65. The number of ether oxygens (including phenoxy) is 1. The summed E-state index contributed by atoms with van der Waals surface area (Å²) in [7, 11) is 1.67. The molecule has 0 amide bonds. The van der Waals surface area contributed by atoms with Gasteiger partial charge in [0.25, 0.3) is 0 Å². The minimum Gasteiger partial charge on any atom is -0.462 e. The molecule has 1 aromatic carbocycles. The van der Waals surface area contributed by atoms with E-state index < -0.39 is 0 Å². The first-order valence-electron chi connectivity index (χ1n) is 6.72. The van der Waals surface area contributed by atoms with E-state index in [0.29, 0.717) is 6.61 Å². The predicted molar refractivity (Wildman–Crippen MR) is 83.8 cm³/mol. The van der Waals surface area contributed by atoms with Crippen LogP contribution in [0.4, 0.5) is 0 Å². The third-order valence-electron chi connectivity index (χ3n) is 3.20. The van der Waals surface area contributed by atoms with Crippen molar-refractivity contribution in [1.29, 1.82) is 0 Å². The molecule has 1 unspecified atom stereocenters. The highest BCUT2D eigenvalue weighted by molar-refractivity contribution is 9.10. The van der Waals surface area contributed by atoms with Crippen molar-refractivity contribution in [2.75, 3.05) is 13.7 Å². The number of nitrogens with one attached hydrogen (secondary N) is 1. The monoisotopic (exact) mass is 337 g/mol. The molecule has 2 aromatic rings. The molecule has 4 heteroatoms. The standard InChI is InChI=1S/C16H20BrNO2/c1-4-18-16(14-7-5-12(17)9-11(14)2)15-8-6-13(20-15)10-19-3/h5-9,16,18H,4,10H2,1-3H3. The molecule has 108 valence electrons. The van der Waals surface area contributed by atoms with Crippen LogP contribution >= 0.6 is 15.9 Å². The van der Waals surface area contributed by atoms with Crippen molar-refractivity contribution in [3.63, 3.8) is 0 Å². The summed E-state index contributed by atoms with van der Waals surface area (Å²) in [4.78, 5) is 0. The molecule has 0 saturated heterocycles. The molecule has 0 spiro atoms. The first kappa shape index (κ1) is 15.3. The van der Waals surface area contributed by atoms with E-state index in [1.54, 1.807) is 7.11 Å². The quantitative estimate of drug-likeness (QED) is 0.857. The predicted octanol–water partition coefficient (Wildman–Crippen LogP) is 4.20. The summed E-state index contributed by atoms with van der Waals surface area (Å²) in [5, 5.41) is 3.48. The zero-order valence-corrected chi connectivity index (χ0v) is 13.7. The van der Waals surface area contributed by atoms with Gasteiger partial charge in [-0.3, -0.25) is 0 Å². The molecule has 1 N–H and O–H groups in total. The van der Waals surface area contributed by atoms with Crippen molar-refractivity contribution in [3.8, 4) is 0 Å². The zero-order valence-electron chi connectivity index (χ0n) is 12.1. The van der Waals surface area contributed by atoms with E-state index in [2.05, 4.69) is 53.3 Å². The van der Waals surface area contributed by atoms with Gasteiger partial charge in [0.2, 0.25) is 0 Å². The van der Waals surface area contributed by atoms with Crippen LogP contribution in [-0.2, 0) is 11.3 Å². The Morgan fingerprint density at radius 1 is 1.30 bits per heavy atom. The second-order valence-electron chi connectivity index (χ2n) is 4.73. The molecule has 0 aliphatic rings. The Hall–Kier alpha value is -1.10. The van der Waals surface area contributed by atoms with Crippen molar-refractivity contribution >= 4 is 15.9 Å². The average molecular weight is 338 g/mol. The third-order valence-corrected chi connectivity index (χ3v) is 3.70. The molecule has 0 aliphatic carbocycles. The molecule has 2 rings (SSSR count). The summed E-state index contributed by atoms with van der Waals surface area (Å²) >= 11 is 3.50. The number of halogens is 1. The van der Waals surface area contributed by atoms with Crippen LogP contribution in [0, 0.1) is 6.92 Å². The molecule has 0 fully saturated rings. The van der Waals surface area contributed by atoms with Crippen LogP contribution in [0.25, 0.3) is 0 Å². The minimum atomic E-state index is 0.0682. The number of hydrogen-bond donors (Lipinski definition) is 1. The van der Waals surface area contributed by atoms with Gasteiger partial charge in [0, 0.05) is 11.6 Å². The summed E-state index contributed by atoms with van der Waals surface area (Å²) in [6.07, 6.45) is 0. The summed E-state index contributed by atoms with van der Waals surface area (Å²) < 4.78 is 12.1. The summed E-state index contributed by atoms with van der Waals surface area (Å²) in [5.41, 5.74) is 2.46. The topological polar surface area (TPSA) is 34.4 Å². The lowest BCUT2D eigenvalue weighted by Gasteiger charge is -2.18. The first-order valence-corrected chi connectivity index (χ1v) is 7.52. The Labute approximate surface area is 128 Å². The van der Waals surface area contributed by atoms with Crippen molar-refractivity contribution in [3.05, 3.63) is 57.5 Å². The van der Waals surface area contributed by atoms with E-state index in [9.17, 15) is 0 Å². The average Bonchev–Trinajstić information content (AvgIpc) is 2.86. The van der Waals surface area contributed by atoms with Gasteiger partial charge in [-0.05, 0) is 48.9 Å². The van der Waals surface area contributed by atoms with Crippen molar-refractivity contribution in [2.24, 2.45) is 0 Å². The van der Waals surface area contributed by atoms with Crippen molar-refractivity contribution < 1.29 is 9.15 Å². The number of rotatable bonds is 6. The molecule has 0 saturated carbocycles. The summed E-state index contributed by atoms with van der Waals surface area (Å²) in [6, 6.07) is 10.4. The molecular formula is C16H20BrNO2. The maximum atomic E-state index is 5.88. The van der Waals surface area contributed by atoms with Crippen molar-refractivity contribution in [2.45, 2.75) is 26.5 Å². The van der Waals surface area contributed by atoms with Gasteiger partial charge in [0.1, 0.15) is 18.1 Å². The van der Waals surface area contributed by atoms with Crippen LogP contribution in [0.5, 0.6) is 0 Å². The molecule has 1 heterocycles. The lowest BCUT2D eigenvalue weighted by Crippen LogP contribution is -2.22. The maximum Gasteiger partial charge on any atom is 0.129 e. The van der Waals surface area contributed by atoms with Gasteiger partial charge in [-0.1, -0.05) is 28.9 Å². The van der Waals surface area contributed by atoms with Gasteiger partial charge in [0.15, 0.2) is 0 Å². The second kappa shape index (κ2) is 7.07. The Bertz CT molecular complexity index is 565. The summed E-state index contributed by atoms with van der Waals surface area (Å²) in [5.74, 6) is 1.77. The fourth-order valence-electron chi connectivity index (χ4n) is 2.30. The Kier molecular flexibility index (Phi) is 5.40. The highest BCUT2D eigenvalue weighted by atomic mass is 79.9. The fraction of sp³-hybridized carbons (Fsp3) is 0.375. The van der Waals surface area contributed by atoms with Gasteiger partial charge in [-0.15, -0.1) is 0 Å². The number of methoxy groups -OCH3 is 1. The summed E-state index contributed by atoms with van der Waals surface area (Å²) in [6.45, 7) is 5.59. The Balaban J connectivity index is 2.34. The molecular weight excluding hydrogens is 318 g/mol. The van der Waals surface area contributed by atoms with Gasteiger partial charge in [-0.2, -0.15) is 0 Å². The molecule has 20 heavy (non-hydrogen) atoms. The molecule has 1 aromatic heterocycles. The Morgan fingerprint density at radius 3 is 2.75 bits per heavy atom. The Morgan fingerprint density at radius 2 is 2.10 bits per heavy atom. The minimum absolute atomic E-state index is 0.0682. The van der Waals surface area contributed by atoms with Crippen LogP contribution in [0.1, 0.15) is 35.6 Å². The van der Waals surface area contributed by atoms with E-state index in [1.165, 1.54) is 11.1 Å². The van der Waals surface area contributed by atoms with Crippen molar-refractivity contribution in [1.82, 2.24) is 5.32 Å². The number of aryl methyl sites for hydroxylation is 1. The van der Waals surface area contributed by atoms with Gasteiger partial charge in [0.05, 0.1) is 6.04 Å². The van der Waals surface area contributed by atoms with Crippen LogP contribution in [0.3, 0.4) is 0 Å². The number of benzene rings is 1. The molecule has 1 atom stereocenters. The largest absolute Gasteiger partial charge is 0.462 e. The highest BCUT2D eigenvalue weighted by Gasteiger charge is 2.19. The van der Waals surface area contributed by atoms with E-state index in [0.717, 1.165) is 22.5 Å². The molecule has 0 radical (unpaired) electrons. The number of furan rings is 1. The fourth-order valence-corrected chi connectivity index (χ4v) is 2.78. The van der Waals surface area contributed by atoms with Crippen LogP contribution in [0.2, 0.25) is 0 Å². The molecule has 0 bridgehead atoms. The lowest BCUT2D eigenvalue weighted by molar-refractivity contribution is 0.162. The number of hydrogen-bond acceptors (Lipinski definition) is 3. The molecule has 3 nitrogen and oxygen atoms in total. The van der Waals surface area contributed by atoms with Crippen LogP contribution < -0.4 is 5.32 Å². The third kappa shape index (κ3) is 3.51. The normalized spacial score (nSPS) is 12.6.